The first-order valence-electron chi connectivity index (χ1n) is 4.11. The molecule has 76 valence electrons. The molecular weight excluding hydrogens is 216 g/mol. The number of carbonyl (C=O) groups excluding carboxylic acids is 1. The van der Waals surface area contributed by atoms with Crippen molar-refractivity contribution < 1.29 is 9.90 Å². The molecule has 0 spiro atoms. The molecule has 0 fully saturated rings. The predicted octanol–water partition coefficient (Wildman–Crippen LogP) is 2.22. The molecular formula is C10H12O2S2. The van der Waals surface area contributed by atoms with Crippen molar-refractivity contribution in [2.24, 2.45) is 0 Å². The highest BCUT2D eigenvalue weighted by molar-refractivity contribution is 7.83. The predicted molar refractivity (Wildman–Crippen MR) is 61.6 cm³/mol. The molecule has 4 heteroatoms. The summed E-state index contributed by atoms with van der Waals surface area (Å²) in [6.07, 6.45) is 0. The Bertz CT molecular complexity index is 367. The van der Waals surface area contributed by atoms with E-state index in [1.54, 1.807) is 18.2 Å². The van der Waals surface area contributed by atoms with Gasteiger partial charge in [-0.3, -0.25) is 4.79 Å². The van der Waals surface area contributed by atoms with Gasteiger partial charge in [-0.15, -0.1) is 25.3 Å². The van der Waals surface area contributed by atoms with Gasteiger partial charge in [0.15, 0.2) is 5.78 Å². The normalized spacial score (nSPS) is 11.5. The Morgan fingerprint density at radius 1 is 1.29 bits per heavy atom. The van der Waals surface area contributed by atoms with Crippen molar-refractivity contribution >= 4 is 31.0 Å². The minimum atomic E-state index is -1.35. The van der Waals surface area contributed by atoms with Gasteiger partial charge in [0.1, 0.15) is 5.60 Å². The van der Waals surface area contributed by atoms with E-state index in [-0.39, 0.29) is 5.78 Å². The third-order valence-electron chi connectivity index (χ3n) is 1.79. The number of ketones is 1. The first-order valence-corrected chi connectivity index (χ1v) is 5.01. The van der Waals surface area contributed by atoms with Gasteiger partial charge in [0.2, 0.25) is 0 Å². The zero-order chi connectivity index (χ0) is 10.9. The van der Waals surface area contributed by atoms with Crippen LogP contribution in [-0.4, -0.2) is 16.5 Å². The smallest absolute Gasteiger partial charge is 0.193 e. The molecule has 0 bridgehead atoms. The summed E-state index contributed by atoms with van der Waals surface area (Å²) in [7, 11) is 0. The van der Waals surface area contributed by atoms with Crippen LogP contribution in [0.15, 0.2) is 28.0 Å². The van der Waals surface area contributed by atoms with Gasteiger partial charge in [0.05, 0.1) is 0 Å². The maximum atomic E-state index is 11.6. The largest absolute Gasteiger partial charge is 0.382 e. The van der Waals surface area contributed by atoms with Crippen molar-refractivity contribution in [2.45, 2.75) is 29.2 Å². The molecule has 0 heterocycles. The molecule has 0 amide bonds. The fourth-order valence-corrected chi connectivity index (χ4v) is 1.37. The lowest BCUT2D eigenvalue weighted by molar-refractivity contribution is 0.0487. The van der Waals surface area contributed by atoms with Crippen LogP contribution in [0.2, 0.25) is 0 Å². The van der Waals surface area contributed by atoms with E-state index in [2.05, 4.69) is 25.3 Å². The number of Topliss-reactive ketones (excluding diaryl/α,β-unsaturated/α-hetero) is 1. The Morgan fingerprint density at radius 2 is 1.86 bits per heavy atom. The minimum Gasteiger partial charge on any atom is -0.382 e. The molecule has 1 aromatic rings. The van der Waals surface area contributed by atoms with Gasteiger partial charge in [-0.1, -0.05) is 6.07 Å². The molecule has 2 nitrogen and oxygen atoms in total. The third-order valence-corrected chi connectivity index (χ3v) is 2.73. The zero-order valence-electron chi connectivity index (χ0n) is 7.98. The second-order valence-electron chi connectivity index (χ2n) is 3.59. The van der Waals surface area contributed by atoms with E-state index in [0.717, 1.165) is 0 Å². The average Bonchev–Trinajstić information content (AvgIpc) is 2.07. The number of hydrogen-bond donors (Lipinski definition) is 3. The van der Waals surface area contributed by atoms with E-state index in [1.807, 2.05) is 0 Å². The van der Waals surface area contributed by atoms with Crippen molar-refractivity contribution in [3.63, 3.8) is 0 Å². The van der Waals surface area contributed by atoms with Crippen LogP contribution in [0.1, 0.15) is 24.2 Å². The molecule has 0 aliphatic heterocycles. The van der Waals surface area contributed by atoms with Gasteiger partial charge in [-0.05, 0) is 26.0 Å². The van der Waals surface area contributed by atoms with Crippen LogP contribution in [-0.2, 0) is 0 Å². The Morgan fingerprint density at radius 3 is 2.29 bits per heavy atom. The molecule has 0 aliphatic rings. The van der Waals surface area contributed by atoms with Crippen molar-refractivity contribution in [3.8, 4) is 0 Å². The quantitative estimate of drug-likeness (QED) is 0.536. The van der Waals surface area contributed by atoms with E-state index in [0.29, 0.717) is 15.4 Å². The van der Waals surface area contributed by atoms with Crippen molar-refractivity contribution in [1.82, 2.24) is 0 Å². The second-order valence-corrected chi connectivity index (χ2v) is 4.56. The van der Waals surface area contributed by atoms with E-state index in [4.69, 9.17) is 0 Å². The van der Waals surface area contributed by atoms with E-state index >= 15 is 0 Å². The Kier molecular flexibility index (Phi) is 3.29. The standard InChI is InChI=1S/C10H12O2S2/c1-10(2,12)9(11)6-3-4-7(13)8(14)5-6/h3-5,12-14H,1-2H3. The molecule has 0 aromatic heterocycles. The molecule has 0 atom stereocenters. The fourth-order valence-electron chi connectivity index (χ4n) is 1.02. The van der Waals surface area contributed by atoms with Crippen molar-refractivity contribution in [2.75, 3.05) is 0 Å². The van der Waals surface area contributed by atoms with E-state index < -0.39 is 5.60 Å². The summed E-state index contributed by atoms with van der Waals surface area (Å²) >= 11 is 8.28. The lowest BCUT2D eigenvalue weighted by Crippen LogP contribution is -2.31. The first kappa shape index (κ1) is 11.6. The van der Waals surface area contributed by atoms with Crippen LogP contribution in [0.4, 0.5) is 0 Å². The molecule has 0 saturated carbocycles. The van der Waals surface area contributed by atoms with Crippen LogP contribution < -0.4 is 0 Å². The number of thiol groups is 2. The van der Waals surface area contributed by atoms with Crippen molar-refractivity contribution in [3.05, 3.63) is 23.8 Å². The van der Waals surface area contributed by atoms with E-state index in [1.165, 1.54) is 13.8 Å². The lowest BCUT2D eigenvalue weighted by Gasteiger charge is -2.15. The SMILES string of the molecule is CC(C)(O)C(=O)c1ccc(S)c(S)c1. The highest BCUT2D eigenvalue weighted by Crippen LogP contribution is 2.21. The van der Waals surface area contributed by atoms with Crippen LogP contribution in [0.25, 0.3) is 0 Å². The number of aliphatic hydroxyl groups is 1. The number of rotatable bonds is 2. The Hall–Kier alpha value is -0.450. The number of hydrogen-bond acceptors (Lipinski definition) is 4. The molecule has 0 aliphatic carbocycles. The van der Waals surface area contributed by atoms with Crippen LogP contribution in [0.3, 0.4) is 0 Å². The monoisotopic (exact) mass is 228 g/mol. The summed E-state index contributed by atoms with van der Waals surface area (Å²) in [5.41, 5.74) is -0.904. The summed E-state index contributed by atoms with van der Waals surface area (Å²) in [6.45, 7) is 2.92. The maximum absolute atomic E-state index is 11.6. The highest BCUT2D eigenvalue weighted by Gasteiger charge is 2.25. The topological polar surface area (TPSA) is 37.3 Å². The summed E-state index contributed by atoms with van der Waals surface area (Å²) in [5.74, 6) is -0.318. The second kappa shape index (κ2) is 3.96. The van der Waals surface area contributed by atoms with Crippen LogP contribution in [0, 0.1) is 0 Å². The van der Waals surface area contributed by atoms with Gasteiger partial charge < -0.3 is 5.11 Å². The minimum absolute atomic E-state index is 0.318. The molecule has 0 unspecified atom stereocenters. The summed E-state index contributed by atoms with van der Waals surface area (Å²) < 4.78 is 0. The third kappa shape index (κ3) is 2.53. The maximum Gasteiger partial charge on any atom is 0.193 e. The van der Waals surface area contributed by atoms with Gasteiger partial charge in [-0.2, -0.15) is 0 Å². The Balaban J connectivity index is 3.10. The van der Waals surface area contributed by atoms with Gasteiger partial charge in [0.25, 0.3) is 0 Å². The van der Waals surface area contributed by atoms with Gasteiger partial charge in [0, 0.05) is 15.4 Å². The molecule has 1 rings (SSSR count). The zero-order valence-corrected chi connectivity index (χ0v) is 9.77. The molecule has 0 radical (unpaired) electrons. The summed E-state index contributed by atoms with van der Waals surface area (Å²) in [4.78, 5) is 13.0. The number of benzene rings is 1. The summed E-state index contributed by atoms with van der Waals surface area (Å²) in [5, 5.41) is 9.51. The number of carbonyl (C=O) groups is 1. The van der Waals surface area contributed by atoms with Crippen molar-refractivity contribution in [1.29, 1.82) is 0 Å². The molecule has 1 aromatic carbocycles. The fraction of sp³-hybridized carbons (Fsp3) is 0.300. The Labute approximate surface area is 94.2 Å². The molecule has 14 heavy (non-hydrogen) atoms. The van der Waals surface area contributed by atoms with E-state index in [9.17, 15) is 9.90 Å². The molecule has 1 N–H and O–H groups in total. The summed E-state index contributed by atoms with van der Waals surface area (Å²) in [6, 6.07) is 4.92. The average molecular weight is 228 g/mol. The van der Waals surface area contributed by atoms with Gasteiger partial charge >= 0.3 is 0 Å². The van der Waals surface area contributed by atoms with Crippen LogP contribution >= 0.6 is 25.3 Å². The molecule has 0 saturated heterocycles. The highest BCUT2D eigenvalue weighted by atomic mass is 32.1. The lowest BCUT2D eigenvalue weighted by atomic mass is 9.97. The first-order chi connectivity index (χ1) is 6.32. The van der Waals surface area contributed by atoms with Gasteiger partial charge in [-0.25, -0.2) is 0 Å². The van der Waals surface area contributed by atoms with Crippen LogP contribution in [0.5, 0.6) is 0 Å².